The second kappa shape index (κ2) is 3.32. The van der Waals surface area contributed by atoms with Gasteiger partial charge in [0.25, 0.3) is 0 Å². The molecule has 11 heavy (non-hydrogen) atoms. The second-order valence-corrected chi connectivity index (χ2v) is 3.49. The van der Waals surface area contributed by atoms with Crippen LogP contribution in [0, 0.1) is 0 Å². The van der Waals surface area contributed by atoms with Gasteiger partial charge in [-0.05, 0) is 6.42 Å². The van der Waals surface area contributed by atoms with Crippen LogP contribution in [0.25, 0.3) is 0 Å². The zero-order valence-electron chi connectivity index (χ0n) is 6.35. The van der Waals surface area contributed by atoms with Crippen molar-refractivity contribution in [2.24, 2.45) is 0 Å². The first-order valence-electron chi connectivity index (χ1n) is 3.24. The van der Waals surface area contributed by atoms with Crippen LogP contribution in [0.2, 0.25) is 5.02 Å². The van der Waals surface area contributed by atoms with E-state index in [0.717, 1.165) is 11.3 Å². The number of ether oxygens (including phenoxy) is 1. The van der Waals surface area contributed by atoms with Crippen LogP contribution < -0.4 is 4.74 Å². The summed E-state index contributed by atoms with van der Waals surface area (Å²) in [5.41, 5.74) is 0. The van der Waals surface area contributed by atoms with Crippen molar-refractivity contribution < 1.29 is 9.84 Å². The minimum Gasteiger partial charge on any atom is -0.498 e. The third-order valence-corrected chi connectivity index (χ3v) is 2.97. The van der Waals surface area contributed by atoms with Crippen molar-refractivity contribution in [1.29, 1.82) is 0 Å². The molecule has 0 aliphatic heterocycles. The van der Waals surface area contributed by atoms with E-state index in [0.29, 0.717) is 10.8 Å². The minimum absolute atomic E-state index is 0.139. The van der Waals surface area contributed by atoms with Crippen LogP contribution in [0.15, 0.2) is 0 Å². The molecule has 1 rings (SSSR count). The fraction of sp³-hybridized carbons (Fsp3) is 0.429. The van der Waals surface area contributed by atoms with Gasteiger partial charge in [0.05, 0.1) is 12.0 Å². The van der Waals surface area contributed by atoms with Gasteiger partial charge in [-0.1, -0.05) is 29.9 Å². The lowest BCUT2D eigenvalue weighted by Gasteiger charge is -1.98. The van der Waals surface area contributed by atoms with E-state index < -0.39 is 0 Å². The number of hydrogen-bond donors (Lipinski definition) is 1. The Morgan fingerprint density at radius 2 is 2.27 bits per heavy atom. The lowest BCUT2D eigenvalue weighted by molar-refractivity contribution is 0.410. The van der Waals surface area contributed by atoms with E-state index in [2.05, 4.69) is 0 Å². The number of methoxy groups -OCH3 is 1. The molecule has 0 atom stereocenters. The third-order valence-electron chi connectivity index (χ3n) is 1.39. The van der Waals surface area contributed by atoms with E-state index in [1.807, 2.05) is 6.92 Å². The van der Waals surface area contributed by atoms with E-state index in [9.17, 15) is 5.11 Å². The molecule has 0 bridgehead atoms. The monoisotopic (exact) mass is 192 g/mol. The fourth-order valence-electron chi connectivity index (χ4n) is 0.864. The number of aromatic hydroxyl groups is 1. The summed E-state index contributed by atoms with van der Waals surface area (Å²) in [6, 6.07) is 0. The molecule has 0 aromatic carbocycles. The van der Waals surface area contributed by atoms with Crippen LogP contribution in [0.3, 0.4) is 0 Å². The molecular weight excluding hydrogens is 184 g/mol. The molecule has 1 aromatic rings. The van der Waals surface area contributed by atoms with Gasteiger partial charge in [-0.25, -0.2) is 0 Å². The molecule has 1 aromatic heterocycles. The number of hydrogen-bond acceptors (Lipinski definition) is 3. The van der Waals surface area contributed by atoms with Crippen molar-refractivity contribution in [2.75, 3.05) is 7.11 Å². The summed E-state index contributed by atoms with van der Waals surface area (Å²) in [5, 5.41) is 9.66. The Kier molecular flexibility index (Phi) is 2.62. The maximum atomic E-state index is 9.19. The normalized spacial score (nSPS) is 10.1. The van der Waals surface area contributed by atoms with Gasteiger partial charge in [0.15, 0.2) is 10.8 Å². The summed E-state index contributed by atoms with van der Waals surface area (Å²) < 4.78 is 5.01. The SMILES string of the molecule is CCc1sc(O)c(Cl)c1OC. The van der Waals surface area contributed by atoms with Crippen molar-refractivity contribution in [3.8, 4) is 10.8 Å². The van der Waals surface area contributed by atoms with Crippen LogP contribution in [-0.4, -0.2) is 12.2 Å². The van der Waals surface area contributed by atoms with Crippen LogP contribution in [0.5, 0.6) is 10.8 Å². The van der Waals surface area contributed by atoms with E-state index in [1.165, 1.54) is 11.3 Å². The zero-order chi connectivity index (χ0) is 8.43. The highest BCUT2D eigenvalue weighted by Crippen LogP contribution is 2.44. The van der Waals surface area contributed by atoms with Crippen molar-refractivity contribution >= 4 is 22.9 Å². The Balaban J connectivity index is 3.15. The highest BCUT2D eigenvalue weighted by atomic mass is 35.5. The smallest absolute Gasteiger partial charge is 0.194 e. The van der Waals surface area contributed by atoms with E-state index >= 15 is 0 Å². The lowest BCUT2D eigenvalue weighted by atomic mass is 10.3. The van der Waals surface area contributed by atoms with Crippen LogP contribution in [0.1, 0.15) is 11.8 Å². The molecule has 0 fully saturated rings. The van der Waals surface area contributed by atoms with Gasteiger partial charge in [0.1, 0.15) is 5.02 Å². The van der Waals surface area contributed by atoms with E-state index in [1.54, 1.807) is 7.11 Å². The first-order chi connectivity index (χ1) is 5.20. The molecule has 0 aliphatic carbocycles. The summed E-state index contributed by atoms with van der Waals surface area (Å²) >= 11 is 6.99. The average Bonchev–Trinajstić information content (AvgIpc) is 2.28. The number of thiophene rings is 1. The van der Waals surface area contributed by atoms with Gasteiger partial charge in [0.2, 0.25) is 0 Å². The maximum absolute atomic E-state index is 9.19. The van der Waals surface area contributed by atoms with Crippen LogP contribution in [0.4, 0.5) is 0 Å². The Hall–Kier alpha value is -0.410. The highest BCUT2D eigenvalue weighted by molar-refractivity contribution is 7.14. The Bertz CT molecular complexity index is 257. The van der Waals surface area contributed by atoms with Gasteiger partial charge in [0, 0.05) is 0 Å². The molecule has 0 saturated heterocycles. The topological polar surface area (TPSA) is 29.5 Å². The quantitative estimate of drug-likeness (QED) is 0.781. The van der Waals surface area contributed by atoms with Crippen molar-refractivity contribution in [2.45, 2.75) is 13.3 Å². The first kappa shape index (κ1) is 8.68. The summed E-state index contributed by atoms with van der Waals surface area (Å²) in [6.07, 6.45) is 0.828. The molecule has 0 radical (unpaired) electrons. The van der Waals surface area contributed by atoms with Gasteiger partial charge in [-0.2, -0.15) is 0 Å². The average molecular weight is 193 g/mol. The molecule has 4 heteroatoms. The van der Waals surface area contributed by atoms with Crippen molar-refractivity contribution in [3.05, 3.63) is 9.90 Å². The van der Waals surface area contributed by atoms with Crippen LogP contribution in [-0.2, 0) is 6.42 Å². The summed E-state index contributed by atoms with van der Waals surface area (Å²) in [6.45, 7) is 1.99. The Morgan fingerprint density at radius 1 is 1.64 bits per heavy atom. The second-order valence-electron chi connectivity index (χ2n) is 2.03. The molecule has 0 unspecified atom stereocenters. The first-order valence-corrected chi connectivity index (χ1v) is 4.44. The van der Waals surface area contributed by atoms with Gasteiger partial charge >= 0.3 is 0 Å². The van der Waals surface area contributed by atoms with Crippen LogP contribution >= 0.6 is 22.9 Å². The summed E-state index contributed by atoms with van der Waals surface area (Å²) in [7, 11) is 1.55. The van der Waals surface area contributed by atoms with Gasteiger partial charge < -0.3 is 9.84 Å². The Morgan fingerprint density at radius 3 is 2.64 bits per heavy atom. The predicted molar refractivity (Wildman–Crippen MR) is 46.9 cm³/mol. The molecule has 62 valence electrons. The molecule has 1 N–H and O–H groups in total. The largest absolute Gasteiger partial charge is 0.498 e. The molecule has 2 nitrogen and oxygen atoms in total. The fourth-order valence-corrected chi connectivity index (χ4v) is 2.06. The number of halogens is 1. The maximum Gasteiger partial charge on any atom is 0.194 e. The highest BCUT2D eigenvalue weighted by Gasteiger charge is 2.14. The van der Waals surface area contributed by atoms with Gasteiger partial charge in [-0.15, -0.1) is 0 Å². The van der Waals surface area contributed by atoms with E-state index in [-0.39, 0.29) is 5.06 Å². The molecule has 1 heterocycles. The van der Waals surface area contributed by atoms with Gasteiger partial charge in [-0.3, -0.25) is 0 Å². The molecular formula is C7H9ClO2S. The standard InChI is InChI=1S/C7H9ClO2S/c1-3-4-6(10-2)5(8)7(9)11-4/h9H,3H2,1-2H3. The molecule has 0 aliphatic rings. The zero-order valence-corrected chi connectivity index (χ0v) is 7.92. The van der Waals surface area contributed by atoms with Crippen molar-refractivity contribution in [1.82, 2.24) is 0 Å². The summed E-state index contributed by atoms with van der Waals surface area (Å²) in [4.78, 5) is 0.981. The minimum atomic E-state index is 0.139. The van der Waals surface area contributed by atoms with Crippen molar-refractivity contribution in [3.63, 3.8) is 0 Å². The van der Waals surface area contributed by atoms with E-state index in [4.69, 9.17) is 16.3 Å². The lowest BCUT2D eigenvalue weighted by Crippen LogP contribution is -1.84. The summed E-state index contributed by atoms with van der Waals surface area (Å²) in [5.74, 6) is 0.608. The Labute approximate surface area is 74.4 Å². The predicted octanol–water partition coefficient (Wildman–Crippen LogP) is 2.68. The number of aryl methyl sites for hydroxylation is 1. The molecule has 0 saturated carbocycles. The third kappa shape index (κ3) is 1.44. The number of rotatable bonds is 2. The molecule has 0 amide bonds. The molecule has 0 spiro atoms.